The Kier molecular flexibility index (Phi) is 4.56. The second-order valence-electron chi connectivity index (χ2n) is 6.56. The molecule has 0 heterocycles. The molecule has 0 fully saturated rings. The largest absolute Gasteiger partial charge is 0.362 e. The summed E-state index contributed by atoms with van der Waals surface area (Å²) in [7, 11) is 0. The summed E-state index contributed by atoms with van der Waals surface area (Å²) < 4.78 is 0. The van der Waals surface area contributed by atoms with Gasteiger partial charge in [-0.05, 0) is 47.3 Å². The van der Waals surface area contributed by atoms with Gasteiger partial charge in [0.15, 0.2) is 11.6 Å². The summed E-state index contributed by atoms with van der Waals surface area (Å²) in [6.07, 6.45) is 12.0. The van der Waals surface area contributed by atoms with Crippen molar-refractivity contribution in [1.29, 1.82) is 0 Å². The van der Waals surface area contributed by atoms with E-state index < -0.39 is 11.6 Å². The highest BCUT2D eigenvalue weighted by molar-refractivity contribution is 5.36. The number of rotatable bonds is 4. The van der Waals surface area contributed by atoms with Crippen molar-refractivity contribution in [3.05, 3.63) is 83.0 Å². The zero-order valence-corrected chi connectivity index (χ0v) is 13.4. The summed E-state index contributed by atoms with van der Waals surface area (Å²) in [5.41, 5.74) is 4.47. The molecule has 0 saturated heterocycles. The van der Waals surface area contributed by atoms with Crippen LogP contribution in [-0.4, -0.2) is 32.0 Å². The van der Waals surface area contributed by atoms with Crippen LogP contribution < -0.4 is 0 Å². The molecule has 2 aliphatic carbocycles. The summed E-state index contributed by atoms with van der Waals surface area (Å²) in [6.45, 7) is 0. The van der Waals surface area contributed by atoms with Crippen molar-refractivity contribution < 1.29 is 20.4 Å². The van der Waals surface area contributed by atoms with E-state index in [0.29, 0.717) is 0 Å². The van der Waals surface area contributed by atoms with Gasteiger partial charge in [-0.3, -0.25) is 0 Å². The lowest BCUT2D eigenvalue weighted by Crippen LogP contribution is -2.25. The fraction of sp³-hybridized carbons (Fsp3) is 0.300. The van der Waals surface area contributed by atoms with Gasteiger partial charge in [0.2, 0.25) is 0 Å². The predicted molar refractivity (Wildman–Crippen MR) is 91.9 cm³/mol. The summed E-state index contributed by atoms with van der Waals surface area (Å²) in [4.78, 5) is 0. The van der Waals surface area contributed by atoms with Crippen LogP contribution in [0.2, 0.25) is 0 Å². The SMILES string of the molecule is OC1(O)C=CC(Cc2ccc(CC3=CCC(O)(O)C=C3)cc2)=CC1. The highest BCUT2D eigenvalue weighted by atomic mass is 16.5. The van der Waals surface area contributed by atoms with Crippen molar-refractivity contribution in [2.75, 3.05) is 0 Å². The van der Waals surface area contributed by atoms with Crippen LogP contribution in [0.4, 0.5) is 0 Å². The normalized spacial score (nSPS) is 21.3. The molecule has 0 radical (unpaired) electrons. The van der Waals surface area contributed by atoms with Crippen LogP contribution in [0.5, 0.6) is 0 Å². The van der Waals surface area contributed by atoms with E-state index in [9.17, 15) is 20.4 Å². The smallest absolute Gasteiger partial charge is 0.186 e. The fourth-order valence-electron chi connectivity index (χ4n) is 2.82. The third-order valence-electron chi connectivity index (χ3n) is 4.30. The van der Waals surface area contributed by atoms with Crippen LogP contribution in [0.3, 0.4) is 0 Å². The monoisotopic (exact) mass is 326 g/mol. The van der Waals surface area contributed by atoms with Crippen molar-refractivity contribution in [2.24, 2.45) is 0 Å². The number of benzene rings is 1. The Morgan fingerprint density at radius 2 is 1.04 bits per heavy atom. The van der Waals surface area contributed by atoms with Crippen molar-refractivity contribution in [1.82, 2.24) is 0 Å². The summed E-state index contributed by atoms with van der Waals surface area (Å²) in [5.74, 6) is -3.43. The van der Waals surface area contributed by atoms with E-state index in [1.807, 2.05) is 12.2 Å². The lowest BCUT2D eigenvalue weighted by Gasteiger charge is -2.20. The van der Waals surface area contributed by atoms with Gasteiger partial charge in [-0.25, -0.2) is 0 Å². The Bertz CT molecular complexity index is 656. The van der Waals surface area contributed by atoms with Crippen LogP contribution in [0.25, 0.3) is 0 Å². The summed E-state index contributed by atoms with van der Waals surface area (Å²) in [5, 5.41) is 37.9. The minimum absolute atomic E-state index is 0.217. The average Bonchev–Trinajstić information content (AvgIpc) is 2.53. The third-order valence-corrected chi connectivity index (χ3v) is 4.30. The van der Waals surface area contributed by atoms with E-state index in [-0.39, 0.29) is 12.8 Å². The Morgan fingerprint density at radius 1 is 0.667 bits per heavy atom. The highest BCUT2D eigenvalue weighted by Crippen LogP contribution is 2.23. The number of aliphatic hydroxyl groups is 4. The van der Waals surface area contributed by atoms with E-state index >= 15 is 0 Å². The molecular weight excluding hydrogens is 304 g/mol. The number of hydrogen-bond acceptors (Lipinski definition) is 4. The van der Waals surface area contributed by atoms with Gasteiger partial charge in [-0.1, -0.05) is 48.6 Å². The van der Waals surface area contributed by atoms with Crippen LogP contribution >= 0.6 is 0 Å². The molecule has 0 aromatic heterocycles. The molecule has 3 rings (SSSR count). The second-order valence-corrected chi connectivity index (χ2v) is 6.56. The van der Waals surface area contributed by atoms with Crippen molar-refractivity contribution in [3.63, 3.8) is 0 Å². The average molecular weight is 326 g/mol. The molecule has 0 amide bonds. The van der Waals surface area contributed by atoms with Gasteiger partial charge in [0.1, 0.15) is 0 Å². The molecule has 4 heteroatoms. The van der Waals surface area contributed by atoms with Gasteiger partial charge in [0.05, 0.1) is 0 Å². The van der Waals surface area contributed by atoms with E-state index in [0.717, 1.165) is 35.1 Å². The molecule has 126 valence electrons. The van der Waals surface area contributed by atoms with Crippen molar-refractivity contribution >= 4 is 0 Å². The molecule has 1 aromatic carbocycles. The van der Waals surface area contributed by atoms with E-state index in [2.05, 4.69) is 24.3 Å². The lowest BCUT2D eigenvalue weighted by atomic mass is 9.94. The zero-order valence-electron chi connectivity index (χ0n) is 13.4. The topological polar surface area (TPSA) is 80.9 Å². The molecule has 0 spiro atoms. The molecule has 1 aromatic rings. The molecule has 0 saturated carbocycles. The fourth-order valence-corrected chi connectivity index (χ4v) is 2.82. The van der Waals surface area contributed by atoms with Crippen molar-refractivity contribution in [2.45, 2.75) is 37.3 Å². The van der Waals surface area contributed by atoms with Gasteiger partial charge in [0.25, 0.3) is 0 Å². The first kappa shape index (κ1) is 16.9. The van der Waals surface area contributed by atoms with E-state index in [4.69, 9.17) is 0 Å². The molecule has 4 N–H and O–H groups in total. The van der Waals surface area contributed by atoms with Crippen molar-refractivity contribution in [3.8, 4) is 0 Å². The van der Waals surface area contributed by atoms with Crippen LogP contribution in [0, 0.1) is 0 Å². The molecule has 4 nitrogen and oxygen atoms in total. The minimum atomic E-state index is -1.71. The van der Waals surface area contributed by atoms with Gasteiger partial charge in [-0.2, -0.15) is 0 Å². The maximum absolute atomic E-state index is 9.46. The highest BCUT2D eigenvalue weighted by Gasteiger charge is 2.21. The standard InChI is InChI=1S/C20H22O4/c21-19(22)9-5-17(6-10-19)13-15-1-2-16(4-3-15)14-18-7-11-20(23,24)12-8-18/h1-9,11,21-24H,10,12-14H2. The zero-order chi connectivity index (χ0) is 17.2. The van der Waals surface area contributed by atoms with E-state index in [1.165, 1.54) is 12.2 Å². The molecule has 0 aliphatic heterocycles. The van der Waals surface area contributed by atoms with Gasteiger partial charge in [0, 0.05) is 12.8 Å². The number of allylic oxidation sites excluding steroid dienone is 4. The number of hydrogen-bond donors (Lipinski definition) is 4. The first-order valence-corrected chi connectivity index (χ1v) is 8.05. The summed E-state index contributed by atoms with van der Waals surface area (Å²) in [6, 6.07) is 8.27. The Labute approximate surface area is 141 Å². The quantitative estimate of drug-likeness (QED) is 0.637. The first-order chi connectivity index (χ1) is 11.3. The minimum Gasteiger partial charge on any atom is -0.362 e. The maximum Gasteiger partial charge on any atom is 0.186 e. The Morgan fingerprint density at radius 3 is 1.33 bits per heavy atom. The lowest BCUT2D eigenvalue weighted by molar-refractivity contribution is -0.116. The van der Waals surface area contributed by atoms with Gasteiger partial charge in [-0.15, -0.1) is 0 Å². The first-order valence-electron chi connectivity index (χ1n) is 8.05. The molecule has 0 atom stereocenters. The van der Waals surface area contributed by atoms with Crippen LogP contribution in [0.1, 0.15) is 24.0 Å². The Hall–Kier alpha value is -1.98. The molecule has 0 bridgehead atoms. The predicted octanol–water partition coefficient (Wildman–Crippen LogP) is 1.91. The third kappa shape index (κ3) is 4.52. The van der Waals surface area contributed by atoms with Crippen LogP contribution in [-0.2, 0) is 12.8 Å². The Balaban J connectivity index is 1.59. The van der Waals surface area contributed by atoms with E-state index in [1.54, 1.807) is 12.2 Å². The van der Waals surface area contributed by atoms with Gasteiger partial charge < -0.3 is 20.4 Å². The molecule has 0 unspecified atom stereocenters. The molecular formula is C20H22O4. The molecule has 2 aliphatic rings. The summed E-state index contributed by atoms with van der Waals surface area (Å²) >= 11 is 0. The van der Waals surface area contributed by atoms with Gasteiger partial charge >= 0.3 is 0 Å². The second kappa shape index (κ2) is 6.49. The van der Waals surface area contributed by atoms with Crippen LogP contribution in [0.15, 0.2) is 71.9 Å². The maximum atomic E-state index is 9.46. The molecule has 24 heavy (non-hydrogen) atoms.